The van der Waals surface area contributed by atoms with Gasteiger partial charge in [-0.1, -0.05) is 18.2 Å². The van der Waals surface area contributed by atoms with Gasteiger partial charge < -0.3 is 0 Å². The minimum atomic E-state index is -3.14. The first-order chi connectivity index (χ1) is 6.49. The smallest absolute Gasteiger partial charge is 0.234 e. The van der Waals surface area contributed by atoms with Crippen LogP contribution in [0.25, 0.3) is 0 Å². The van der Waals surface area contributed by atoms with Gasteiger partial charge in [0.25, 0.3) is 0 Å². The lowest BCUT2D eigenvalue weighted by atomic mass is 10.2. The van der Waals surface area contributed by atoms with Crippen molar-refractivity contribution in [1.82, 2.24) is 0 Å². The molecule has 78 valence electrons. The van der Waals surface area contributed by atoms with Crippen LogP contribution in [0, 0.1) is 6.92 Å². The number of rotatable bonds is 3. The lowest BCUT2D eigenvalue weighted by molar-refractivity contribution is 0.595. The van der Waals surface area contributed by atoms with E-state index in [0.717, 1.165) is 11.3 Å². The van der Waals surface area contributed by atoms with Crippen LogP contribution in [0.3, 0.4) is 0 Å². The van der Waals surface area contributed by atoms with Crippen molar-refractivity contribution < 1.29 is 8.42 Å². The molecule has 0 aliphatic rings. The Hall–Kier alpha value is -1.03. The van der Waals surface area contributed by atoms with Gasteiger partial charge in [-0.3, -0.25) is 4.31 Å². The van der Waals surface area contributed by atoms with Gasteiger partial charge >= 0.3 is 0 Å². The Balaban J connectivity index is 3.14. The Bertz CT molecular complexity index is 412. The van der Waals surface area contributed by atoms with Gasteiger partial charge in [-0.15, -0.1) is 0 Å². The van der Waals surface area contributed by atoms with E-state index in [1.165, 1.54) is 4.31 Å². The Morgan fingerprint density at radius 3 is 2.36 bits per heavy atom. The van der Waals surface area contributed by atoms with E-state index in [-0.39, 0.29) is 5.75 Å². The van der Waals surface area contributed by atoms with Crippen LogP contribution in [0.4, 0.5) is 5.69 Å². The van der Waals surface area contributed by atoms with E-state index in [0.29, 0.717) is 0 Å². The summed E-state index contributed by atoms with van der Waals surface area (Å²) in [5, 5.41) is 0. The highest BCUT2D eigenvalue weighted by Crippen LogP contribution is 2.20. The fraction of sp³-hybridized carbons (Fsp3) is 0.400. The Labute approximate surface area is 85.4 Å². The van der Waals surface area contributed by atoms with Gasteiger partial charge in [-0.2, -0.15) is 0 Å². The molecule has 0 saturated carbocycles. The van der Waals surface area contributed by atoms with Crippen molar-refractivity contribution in [3.63, 3.8) is 0 Å². The molecule has 0 heterocycles. The lowest BCUT2D eigenvalue weighted by Gasteiger charge is -2.20. The number of benzene rings is 1. The molecule has 3 nitrogen and oxygen atoms in total. The molecule has 0 aromatic heterocycles. The standard InChI is InChI=1S/C10H15NO2S/c1-4-14(12,13)11(3)10-8-6-5-7-9(10)2/h5-8H,4H2,1-3H3. The van der Waals surface area contributed by atoms with E-state index in [2.05, 4.69) is 0 Å². The van der Waals surface area contributed by atoms with E-state index in [9.17, 15) is 8.42 Å². The van der Waals surface area contributed by atoms with Crippen LogP contribution < -0.4 is 4.31 Å². The Kier molecular flexibility index (Phi) is 3.16. The molecule has 0 atom stereocenters. The number of para-hydroxylation sites is 1. The minimum Gasteiger partial charge on any atom is -0.273 e. The maximum absolute atomic E-state index is 11.6. The molecule has 0 fully saturated rings. The first-order valence-electron chi connectivity index (χ1n) is 4.51. The molecule has 0 saturated heterocycles. The largest absolute Gasteiger partial charge is 0.273 e. The molecular formula is C10H15NO2S. The summed E-state index contributed by atoms with van der Waals surface area (Å²) in [6, 6.07) is 7.44. The Morgan fingerprint density at radius 2 is 1.86 bits per heavy atom. The van der Waals surface area contributed by atoms with Crippen LogP contribution in [0.15, 0.2) is 24.3 Å². The van der Waals surface area contributed by atoms with Gasteiger partial charge in [0.2, 0.25) is 10.0 Å². The highest BCUT2D eigenvalue weighted by molar-refractivity contribution is 7.92. The van der Waals surface area contributed by atoms with E-state index in [4.69, 9.17) is 0 Å². The van der Waals surface area contributed by atoms with Crippen molar-refractivity contribution in [2.45, 2.75) is 13.8 Å². The minimum absolute atomic E-state index is 0.123. The Morgan fingerprint density at radius 1 is 1.29 bits per heavy atom. The normalized spacial score (nSPS) is 11.4. The molecular weight excluding hydrogens is 198 g/mol. The van der Waals surface area contributed by atoms with Gasteiger partial charge in [0, 0.05) is 7.05 Å². The van der Waals surface area contributed by atoms with Crippen LogP contribution in [-0.2, 0) is 10.0 Å². The second-order valence-electron chi connectivity index (χ2n) is 3.15. The molecule has 0 radical (unpaired) electrons. The van der Waals surface area contributed by atoms with Crippen molar-refractivity contribution in [3.05, 3.63) is 29.8 Å². The summed E-state index contributed by atoms with van der Waals surface area (Å²) in [6.07, 6.45) is 0. The summed E-state index contributed by atoms with van der Waals surface area (Å²) in [5.41, 5.74) is 1.71. The number of nitrogens with zero attached hydrogens (tertiary/aromatic N) is 1. The maximum atomic E-state index is 11.6. The van der Waals surface area contributed by atoms with Crippen LogP contribution in [0.5, 0.6) is 0 Å². The van der Waals surface area contributed by atoms with Gasteiger partial charge in [0.15, 0.2) is 0 Å². The zero-order valence-electron chi connectivity index (χ0n) is 8.69. The van der Waals surface area contributed by atoms with E-state index >= 15 is 0 Å². The second kappa shape index (κ2) is 4.00. The molecule has 0 bridgehead atoms. The zero-order chi connectivity index (χ0) is 10.8. The van der Waals surface area contributed by atoms with Crippen molar-refractivity contribution in [3.8, 4) is 0 Å². The molecule has 1 rings (SSSR count). The first kappa shape index (κ1) is 11.0. The molecule has 4 heteroatoms. The first-order valence-corrected chi connectivity index (χ1v) is 6.12. The highest BCUT2D eigenvalue weighted by Gasteiger charge is 2.16. The fourth-order valence-corrected chi connectivity index (χ4v) is 2.15. The summed E-state index contributed by atoms with van der Waals surface area (Å²) in [4.78, 5) is 0. The molecule has 0 unspecified atom stereocenters. The molecule has 0 aliphatic carbocycles. The van der Waals surface area contributed by atoms with Crippen molar-refractivity contribution >= 4 is 15.7 Å². The zero-order valence-corrected chi connectivity index (χ0v) is 9.50. The number of hydrogen-bond donors (Lipinski definition) is 0. The monoisotopic (exact) mass is 213 g/mol. The summed E-state index contributed by atoms with van der Waals surface area (Å²) in [7, 11) is -1.56. The predicted octanol–water partition coefficient (Wildman–Crippen LogP) is 1.78. The van der Waals surface area contributed by atoms with Gasteiger partial charge in [-0.25, -0.2) is 8.42 Å². The van der Waals surface area contributed by atoms with Crippen LogP contribution in [-0.4, -0.2) is 21.2 Å². The van der Waals surface area contributed by atoms with E-state index in [1.54, 1.807) is 14.0 Å². The number of sulfonamides is 1. The van der Waals surface area contributed by atoms with Crippen molar-refractivity contribution in [1.29, 1.82) is 0 Å². The molecule has 14 heavy (non-hydrogen) atoms. The van der Waals surface area contributed by atoms with E-state index < -0.39 is 10.0 Å². The third-order valence-electron chi connectivity index (χ3n) is 2.24. The van der Waals surface area contributed by atoms with Gasteiger partial charge in [-0.05, 0) is 25.5 Å². The number of aryl methyl sites for hydroxylation is 1. The molecule has 1 aromatic carbocycles. The molecule has 0 spiro atoms. The lowest BCUT2D eigenvalue weighted by Crippen LogP contribution is -2.28. The van der Waals surface area contributed by atoms with Crippen molar-refractivity contribution in [2.24, 2.45) is 0 Å². The second-order valence-corrected chi connectivity index (χ2v) is 5.44. The predicted molar refractivity (Wildman–Crippen MR) is 59.0 cm³/mol. The van der Waals surface area contributed by atoms with Gasteiger partial charge in [0.1, 0.15) is 0 Å². The average Bonchev–Trinajstić information content (AvgIpc) is 2.17. The van der Waals surface area contributed by atoms with Crippen LogP contribution in [0.2, 0.25) is 0 Å². The summed E-state index contributed by atoms with van der Waals surface area (Å²) < 4.78 is 24.5. The highest BCUT2D eigenvalue weighted by atomic mass is 32.2. The molecule has 0 N–H and O–H groups in total. The molecule has 0 aliphatic heterocycles. The van der Waals surface area contributed by atoms with Crippen LogP contribution in [0.1, 0.15) is 12.5 Å². The summed E-state index contributed by atoms with van der Waals surface area (Å²) in [5.74, 6) is 0.123. The molecule has 0 amide bonds. The third-order valence-corrected chi connectivity index (χ3v) is 4.00. The SMILES string of the molecule is CCS(=O)(=O)N(C)c1ccccc1C. The fourth-order valence-electron chi connectivity index (χ4n) is 1.26. The number of anilines is 1. The topological polar surface area (TPSA) is 37.4 Å². The number of hydrogen-bond acceptors (Lipinski definition) is 2. The summed E-state index contributed by atoms with van der Waals surface area (Å²) >= 11 is 0. The van der Waals surface area contributed by atoms with Gasteiger partial charge in [0.05, 0.1) is 11.4 Å². The third kappa shape index (κ3) is 2.07. The van der Waals surface area contributed by atoms with Crippen LogP contribution >= 0.6 is 0 Å². The quantitative estimate of drug-likeness (QED) is 0.767. The van der Waals surface area contributed by atoms with E-state index in [1.807, 2.05) is 31.2 Å². The maximum Gasteiger partial charge on any atom is 0.234 e. The average molecular weight is 213 g/mol. The summed E-state index contributed by atoms with van der Waals surface area (Å²) in [6.45, 7) is 3.54. The van der Waals surface area contributed by atoms with Crippen molar-refractivity contribution in [2.75, 3.05) is 17.1 Å². The molecule has 1 aromatic rings.